The van der Waals surface area contributed by atoms with Crippen molar-refractivity contribution in [2.75, 3.05) is 12.9 Å². The Kier molecular flexibility index (Phi) is 6.24. The van der Waals surface area contributed by atoms with E-state index in [2.05, 4.69) is 22.4 Å². The largest absolute Gasteiger partial charge is 0.495 e. The summed E-state index contributed by atoms with van der Waals surface area (Å²) in [7, 11) is 1.66. The van der Waals surface area contributed by atoms with E-state index in [9.17, 15) is 4.79 Å². The van der Waals surface area contributed by atoms with Crippen LogP contribution in [0.2, 0.25) is 0 Å². The second kappa shape index (κ2) is 9.27. The monoisotopic (exact) mass is 468 g/mol. The molecule has 1 amide bonds. The van der Waals surface area contributed by atoms with E-state index in [0.29, 0.717) is 16.8 Å². The van der Waals surface area contributed by atoms with Gasteiger partial charge in [0.05, 0.1) is 23.4 Å². The Bertz CT molecular complexity index is 1080. The zero-order valence-corrected chi connectivity index (χ0v) is 20.0. The van der Waals surface area contributed by atoms with Crippen molar-refractivity contribution in [3.05, 3.63) is 41.8 Å². The molecule has 0 radical (unpaired) electrons. The standard InChI is InChI=1S/C24H28N4O2S2/c1-15(18-13-16-9-10-17(18)12-16)25-22(29)14-32-24-27-26-23(21-8-5-11-31-21)28(24)19-6-3-4-7-20(19)30-2/h3-8,11,15-18H,9-10,12-14H2,1-2H3,(H,25,29)/t15-,16+,17+,18-/m1/s1. The number of amides is 1. The van der Waals surface area contributed by atoms with Crippen LogP contribution in [0.5, 0.6) is 5.75 Å². The van der Waals surface area contributed by atoms with Crippen molar-refractivity contribution in [1.29, 1.82) is 0 Å². The number of ether oxygens (including phenoxy) is 1. The first kappa shape index (κ1) is 21.5. The number of nitrogens with zero attached hydrogens (tertiary/aromatic N) is 3. The van der Waals surface area contributed by atoms with E-state index in [-0.39, 0.29) is 11.9 Å². The van der Waals surface area contributed by atoms with Gasteiger partial charge in [0.15, 0.2) is 11.0 Å². The summed E-state index contributed by atoms with van der Waals surface area (Å²) < 4.78 is 7.58. The normalized spacial score (nSPS) is 22.8. The number of carbonyl (C=O) groups is 1. The number of hydrogen-bond acceptors (Lipinski definition) is 6. The van der Waals surface area contributed by atoms with Crippen LogP contribution in [0, 0.1) is 17.8 Å². The minimum Gasteiger partial charge on any atom is -0.495 e. The van der Waals surface area contributed by atoms with Gasteiger partial charge in [-0.1, -0.05) is 36.4 Å². The number of thioether (sulfide) groups is 1. The summed E-state index contributed by atoms with van der Waals surface area (Å²) in [5, 5.41) is 14.8. The number of thiophene rings is 1. The molecule has 2 aliphatic carbocycles. The van der Waals surface area contributed by atoms with Crippen LogP contribution in [-0.2, 0) is 4.79 Å². The van der Waals surface area contributed by atoms with Gasteiger partial charge in [0.1, 0.15) is 5.75 Å². The van der Waals surface area contributed by atoms with Crippen molar-refractivity contribution < 1.29 is 9.53 Å². The average molecular weight is 469 g/mol. The van der Waals surface area contributed by atoms with Crippen LogP contribution < -0.4 is 10.1 Å². The number of aromatic nitrogens is 3. The van der Waals surface area contributed by atoms with E-state index in [1.807, 2.05) is 46.3 Å². The first-order valence-electron chi connectivity index (χ1n) is 11.2. The van der Waals surface area contributed by atoms with Crippen molar-refractivity contribution in [3.8, 4) is 22.1 Å². The van der Waals surface area contributed by atoms with Gasteiger partial charge in [0.25, 0.3) is 0 Å². The van der Waals surface area contributed by atoms with E-state index in [0.717, 1.165) is 34.0 Å². The number of fused-ring (bicyclic) bond motifs is 2. The number of hydrogen-bond donors (Lipinski definition) is 1. The predicted octanol–water partition coefficient (Wildman–Crippen LogP) is 5.04. The second-order valence-corrected chi connectivity index (χ2v) is 10.7. The van der Waals surface area contributed by atoms with Gasteiger partial charge in [0.2, 0.25) is 5.91 Å². The maximum absolute atomic E-state index is 12.8. The summed E-state index contributed by atoms with van der Waals surface area (Å²) in [5.41, 5.74) is 0.863. The molecule has 2 bridgehead atoms. The Morgan fingerprint density at radius 1 is 1.25 bits per heavy atom. The van der Waals surface area contributed by atoms with Crippen LogP contribution in [0.15, 0.2) is 46.9 Å². The Labute approximate surface area is 196 Å². The molecule has 2 saturated carbocycles. The molecular formula is C24H28N4O2S2. The third-order valence-corrected chi connectivity index (χ3v) is 8.65. The SMILES string of the molecule is COc1ccccc1-n1c(SCC(=O)N[C@H](C)[C@H]2C[C@H]3CC[C@H]2C3)nnc1-c1cccs1. The molecule has 2 aromatic heterocycles. The fraction of sp³-hybridized carbons (Fsp3) is 0.458. The Hall–Kier alpha value is -2.32. The number of rotatable bonds is 8. The lowest BCUT2D eigenvalue weighted by Crippen LogP contribution is -2.40. The molecule has 2 fully saturated rings. The predicted molar refractivity (Wildman–Crippen MR) is 128 cm³/mol. The first-order chi connectivity index (χ1) is 15.6. The van der Waals surface area contributed by atoms with Crippen molar-refractivity contribution in [2.45, 2.75) is 43.8 Å². The summed E-state index contributed by atoms with van der Waals surface area (Å²) in [5.74, 6) is 4.16. The summed E-state index contributed by atoms with van der Waals surface area (Å²) in [6.07, 6.45) is 5.33. The van der Waals surface area contributed by atoms with E-state index in [1.165, 1.54) is 37.4 Å². The average Bonchev–Trinajstić information content (AvgIpc) is 3.61. The Morgan fingerprint density at radius 3 is 2.84 bits per heavy atom. The third-order valence-electron chi connectivity index (χ3n) is 6.86. The molecule has 32 heavy (non-hydrogen) atoms. The molecule has 3 aromatic rings. The smallest absolute Gasteiger partial charge is 0.230 e. The zero-order chi connectivity index (χ0) is 22.1. The number of para-hydroxylation sites is 2. The Balaban J connectivity index is 1.33. The van der Waals surface area contributed by atoms with Gasteiger partial charge in [-0.15, -0.1) is 21.5 Å². The molecule has 0 spiro atoms. The van der Waals surface area contributed by atoms with Gasteiger partial charge in [-0.05, 0) is 67.5 Å². The lowest BCUT2D eigenvalue weighted by atomic mass is 9.84. The van der Waals surface area contributed by atoms with Gasteiger partial charge >= 0.3 is 0 Å². The van der Waals surface area contributed by atoms with Crippen LogP contribution in [0.1, 0.15) is 32.6 Å². The highest BCUT2D eigenvalue weighted by Gasteiger charge is 2.42. The molecule has 6 nitrogen and oxygen atoms in total. The molecule has 8 heteroatoms. The summed E-state index contributed by atoms with van der Waals surface area (Å²) in [4.78, 5) is 13.8. The van der Waals surface area contributed by atoms with Crippen molar-refractivity contribution in [2.24, 2.45) is 17.8 Å². The van der Waals surface area contributed by atoms with E-state index < -0.39 is 0 Å². The lowest BCUT2D eigenvalue weighted by Gasteiger charge is -2.28. The van der Waals surface area contributed by atoms with Crippen molar-refractivity contribution >= 4 is 29.0 Å². The minimum absolute atomic E-state index is 0.0533. The second-order valence-electron chi connectivity index (χ2n) is 8.77. The van der Waals surface area contributed by atoms with Crippen molar-refractivity contribution in [1.82, 2.24) is 20.1 Å². The van der Waals surface area contributed by atoms with Crippen molar-refractivity contribution in [3.63, 3.8) is 0 Å². The van der Waals surface area contributed by atoms with Crippen LogP contribution in [0.25, 0.3) is 16.4 Å². The molecule has 1 aromatic carbocycles. The van der Waals surface area contributed by atoms with E-state index >= 15 is 0 Å². The molecular weight excluding hydrogens is 440 g/mol. The Morgan fingerprint density at radius 2 is 2.12 bits per heavy atom. The van der Waals surface area contributed by atoms with Gasteiger partial charge < -0.3 is 10.1 Å². The van der Waals surface area contributed by atoms with Crippen LogP contribution in [0.3, 0.4) is 0 Å². The molecule has 2 heterocycles. The fourth-order valence-corrected chi connectivity index (χ4v) is 6.85. The van der Waals surface area contributed by atoms with Gasteiger partial charge in [-0.2, -0.15) is 0 Å². The molecule has 4 atom stereocenters. The van der Waals surface area contributed by atoms with Crippen LogP contribution in [-0.4, -0.2) is 39.6 Å². The molecule has 168 valence electrons. The number of nitrogens with one attached hydrogen (secondary N) is 1. The highest BCUT2D eigenvalue weighted by Crippen LogP contribution is 2.49. The fourth-order valence-electron chi connectivity index (χ4n) is 5.40. The highest BCUT2D eigenvalue weighted by atomic mass is 32.2. The molecule has 5 rings (SSSR count). The molecule has 0 unspecified atom stereocenters. The molecule has 2 aliphatic rings. The van der Waals surface area contributed by atoms with Crippen LogP contribution in [0.4, 0.5) is 0 Å². The summed E-state index contributed by atoms with van der Waals surface area (Å²) in [6, 6.07) is 12.1. The van der Waals surface area contributed by atoms with E-state index in [1.54, 1.807) is 18.4 Å². The summed E-state index contributed by atoms with van der Waals surface area (Å²) >= 11 is 3.03. The van der Waals surface area contributed by atoms with Gasteiger partial charge in [0, 0.05) is 6.04 Å². The quantitative estimate of drug-likeness (QED) is 0.469. The maximum atomic E-state index is 12.8. The summed E-state index contributed by atoms with van der Waals surface area (Å²) in [6.45, 7) is 2.17. The third kappa shape index (κ3) is 4.18. The number of methoxy groups -OCH3 is 1. The van der Waals surface area contributed by atoms with Gasteiger partial charge in [-0.25, -0.2) is 0 Å². The van der Waals surface area contributed by atoms with Gasteiger partial charge in [-0.3, -0.25) is 9.36 Å². The number of benzene rings is 1. The molecule has 0 aliphatic heterocycles. The highest BCUT2D eigenvalue weighted by molar-refractivity contribution is 7.99. The number of carbonyl (C=O) groups excluding carboxylic acids is 1. The zero-order valence-electron chi connectivity index (χ0n) is 18.4. The molecule has 1 N–H and O–H groups in total. The maximum Gasteiger partial charge on any atom is 0.230 e. The van der Waals surface area contributed by atoms with E-state index in [4.69, 9.17) is 4.74 Å². The minimum atomic E-state index is 0.0533. The first-order valence-corrected chi connectivity index (χ1v) is 13.1. The van der Waals surface area contributed by atoms with Crippen LogP contribution >= 0.6 is 23.1 Å². The molecule has 0 saturated heterocycles. The lowest BCUT2D eigenvalue weighted by molar-refractivity contribution is -0.119. The topological polar surface area (TPSA) is 69.0 Å².